The van der Waals surface area contributed by atoms with Gasteiger partial charge in [0, 0.05) is 17.7 Å². The Morgan fingerprint density at radius 1 is 1.00 bits per heavy atom. The molecule has 0 saturated heterocycles. The van der Waals surface area contributed by atoms with Gasteiger partial charge in [-0.25, -0.2) is 0 Å². The number of furan rings is 1. The van der Waals surface area contributed by atoms with Crippen LogP contribution in [0.15, 0.2) is 89.2 Å². The lowest BCUT2D eigenvalue weighted by Gasteiger charge is -2.34. The van der Waals surface area contributed by atoms with Gasteiger partial charge >= 0.3 is 0 Å². The summed E-state index contributed by atoms with van der Waals surface area (Å²) in [6.45, 7) is 0. The van der Waals surface area contributed by atoms with Crippen LogP contribution in [-0.4, -0.2) is 11.7 Å². The van der Waals surface area contributed by atoms with E-state index in [0.717, 1.165) is 17.1 Å². The number of hydrogen-bond donors (Lipinski definition) is 1. The smallest absolute Gasteiger partial charge is 0.259 e. The maximum atomic E-state index is 13.7. The van der Waals surface area contributed by atoms with E-state index in [9.17, 15) is 9.59 Å². The van der Waals surface area contributed by atoms with E-state index >= 15 is 0 Å². The fourth-order valence-electron chi connectivity index (χ4n) is 4.25. The largest absolute Gasteiger partial charge is 0.467 e. The number of ketones is 1. The Morgan fingerprint density at radius 3 is 2.59 bits per heavy atom. The van der Waals surface area contributed by atoms with Crippen LogP contribution in [0.1, 0.15) is 35.0 Å². The van der Waals surface area contributed by atoms with Crippen LogP contribution in [0.5, 0.6) is 0 Å². The number of amides is 1. The van der Waals surface area contributed by atoms with Gasteiger partial charge in [0.05, 0.1) is 23.6 Å². The highest BCUT2D eigenvalue weighted by Crippen LogP contribution is 2.46. The SMILES string of the molecule is O=C1CCC=C2Nc3ccccc3N(C(=O)c3ccccc3)[C@H](c3ccco3)[C@H]12. The summed E-state index contributed by atoms with van der Waals surface area (Å²) < 4.78 is 5.76. The molecular formula is C24H20N2O3. The van der Waals surface area contributed by atoms with Gasteiger partial charge in [-0.1, -0.05) is 36.4 Å². The molecule has 0 radical (unpaired) electrons. The number of benzene rings is 2. The first-order valence-electron chi connectivity index (χ1n) is 9.75. The fraction of sp³-hybridized carbons (Fsp3) is 0.167. The summed E-state index contributed by atoms with van der Waals surface area (Å²) in [5.41, 5.74) is 2.93. The van der Waals surface area contributed by atoms with E-state index in [2.05, 4.69) is 11.4 Å². The molecule has 2 atom stereocenters. The lowest BCUT2D eigenvalue weighted by molar-refractivity contribution is -0.122. The number of nitrogens with zero attached hydrogens (tertiary/aromatic N) is 1. The fourth-order valence-corrected chi connectivity index (χ4v) is 4.25. The molecule has 1 amide bonds. The second-order valence-corrected chi connectivity index (χ2v) is 7.29. The third-order valence-electron chi connectivity index (χ3n) is 5.55. The molecule has 5 heteroatoms. The lowest BCUT2D eigenvalue weighted by atomic mass is 9.83. The molecule has 0 fully saturated rings. The van der Waals surface area contributed by atoms with Crippen molar-refractivity contribution in [1.82, 2.24) is 0 Å². The number of rotatable bonds is 2. The van der Waals surface area contributed by atoms with Gasteiger partial charge in [0.15, 0.2) is 0 Å². The number of hydrogen-bond acceptors (Lipinski definition) is 4. The number of Topliss-reactive ketones (excluding diaryl/α,β-unsaturated/α-hetero) is 1. The molecule has 2 aromatic carbocycles. The highest BCUT2D eigenvalue weighted by Gasteiger charge is 2.44. The van der Waals surface area contributed by atoms with Gasteiger partial charge < -0.3 is 9.73 Å². The Morgan fingerprint density at radius 2 is 1.79 bits per heavy atom. The molecule has 1 aliphatic carbocycles. The third-order valence-corrected chi connectivity index (χ3v) is 5.55. The second kappa shape index (κ2) is 7.09. The van der Waals surface area contributed by atoms with Gasteiger partial charge in [0.25, 0.3) is 5.91 Å². The Hall–Kier alpha value is -3.60. The molecule has 1 N–H and O–H groups in total. The monoisotopic (exact) mass is 384 g/mol. The molecule has 5 nitrogen and oxygen atoms in total. The number of anilines is 2. The van der Waals surface area contributed by atoms with Crippen LogP contribution in [0.3, 0.4) is 0 Å². The zero-order valence-corrected chi connectivity index (χ0v) is 15.7. The summed E-state index contributed by atoms with van der Waals surface area (Å²) >= 11 is 0. The Bertz CT molecular complexity index is 1090. The first kappa shape index (κ1) is 17.5. The maximum Gasteiger partial charge on any atom is 0.259 e. The van der Waals surface area contributed by atoms with Crippen molar-refractivity contribution in [1.29, 1.82) is 0 Å². The molecule has 0 saturated carbocycles. The van der Waals surface area contributed by atoms with Crippen molar-refractivity contribution in [2.45, 2.75) is 18.9 Å². The summed E-state index contributed by atoms with van der Waals surface area (Å²) in [4.78, 5) is 28.5. The van der Waals surface area contributed by atoms with E-state index in [1.807, 2.05) is 48.5 Å². The average Bonchev–Trinajstić information content (AvgIpc) is 3.23. The number of carbonyl (C=O) groups is 2. The lowest BCUT2D eigenvalue weighted by Crippen LogP contribution is -2.41. The third kappa shape index (κ3) is 2.95. The molecule has 0 bridgehead atoms. The van der Waals surface area contributed by atoms with E-state index in [1.165, 1.54) is 0 Å². The highest BCUT2D eigenvalue weighted by molar-refractivity contribution is 6.09. The molecule has 2 heterocycles. The van der Waals surface area contributed by atoms with Crippen molar-refractivity contribution in [3.8, 4) is 0 Å². The topological polar surface area (TPSA) is 62.6 Å². The van der Waals surface area contributed by atoms with Gasteiger partial charge in [-0.3, -0.25) is 14.5 Å². The quantitative estimate of drug-likeness (QED) is 0.679. The Balaban J connectivity index is 1.76. The van der Waals surface area contributed by atoms with Crippen molar-refractivity contribution in [2.24, 2.45) is 5.92 Å². The van der Waals surface area contributed by atoms with Crippen molar-refractivity contribution in [3.05, 3.63) is 96.1 Å². The highest BCUT2D eigenvalue weighted by atomic mass is 16.3. The predicted octanol–water partition coefficient (Wildman–Crippen LogP) is 4.96. The van der Waals surface area contributed by atoms with Crippen LogP contribution >= 0.6 is 0 Å². The standard InChI is InChI=1S/C24H20N2O3/c27-20-13-6-11-18-22(20)23(21-14-7-15-29-21)26(19-12-5-4-10-17(19)25-18)24(28)16-8-2-1-3-9-16/h1-5,7-12,14-15,22-23,25H,6,13H2/t22-,23+/m0/s1. The van der Waals surface area contributed by atoms with E-state index in [-0.39, 0.29) is 11.7 Å². The first-order valence-corrected chi connectivity index (χ1v) is 9.75. The molecule has 0 unspecified atom stereocenters. The predicted molar refractivity (Wildman–Crippen MR) is 111 cm³/mol. The minimum atomic E-state index is -0.562. The maximum absolute atomic E-state index is 13.7. The van der Waals surface area contributed by atoms with Crippen molar-refractivity contribution >= 4 is 23.1 Å². The number of allylic oxidation sites excluding steroid dienone is 1. The van der Waals surface area contributed by atoms with Crippen molar-refractivity contribution < 1.29 is 14.0 Å². The zero-order chi connectivity index (χ0) is 19.8. The van der Waals surface area contributed by atoms with Gasteiger partial charge in [0.2, 0.25) is 0 Å². The normalized spacial score (nSPS) is 20.8. The van der Waals surface area contributed by atoms with E-state index in [1.54, 1.807) is 29.4 Å². The van der Waals surface area contributed by atoms with Gasteiger partial charge in [-0.2, -0.15) is 0 Å². The van der Waals surface area contributed by atoms with Crippen LogP contribution in [0.25, 0.3) is 0 Å². The van der Waals surface area contributed by atoms with Crippen LogP contribution in [0, 0.1) is 5.92 Å². The first-order chi connectivity index (χ1) is 14.2. The average molecular weight is 384 g/mol. The molecule has 1 aliphatic heterocycles. The Labute approximate surface area is 168 Å². The van der Waals surface area contributed by atoms with E-state index in [0.29, 0.717) is 24.2 Å². The number of nitrogens with one attached hydrogen (secondary N) is 1. The number of carbonyl (C=O) groups excluding carboxylic acids is 2. The molecule has 3 aromatic rings. The van der Waals surface area contributed by atoms with Gasteiger partial charge in [0.1, 0.15) is 17.6 Å². The summed E-state index contributed by atoms with van der Waals surface area (Å²) in [5, 5.41) is 3.42. The van der Waals surface area contributed by atoms with Crippen LogP contribution in [0.4, 0.5) is 11.4 Å². The summed E-state index contributed by atoms with van der Waals surface area (Å²) in [5.74, 6) is 0.0323. The minimum Gasteiger partial charge on any atom is -0.467 e. The molecule has 2 aliphatic rings. The van der Waals surface area contributed by atoms with Gasteiger partial charge in [-0.05, 0) is 42.8 Å². The molecule has 5 rings (SSSR count). The second-order valence-electron chi connectivity index (χ2n) is 7.29. The molecule has 1 aromatic heterocycles. The number of para-hydroxylation sites is 2. The minimum absolute atomic E-state index is 0.107. The van der Waals surface area contributed by atoms with Crippen LogP contribution in [0.2, 0.25) is 0 Å². The van der Waals surface area contributed by atoms with Gasteiger partial charge in [-0.15, -0.1) is 0 Å². The van der Waals surface area contributed by atoms with Crippen LogP contribution in [-0.2, 0) is 4.79 Å². The van der Waals surface area contributed by atoms with E-state index < -0.39 is 12.0 Å². The van der Waals surface area contributed by atoms with Crippen molar-refractivity contribution in [3.63, 3.8) is 0 Å². The van der Waals surface area contributed by atoms with Crippen LogP contribution < -0.4 is 10.2 Å². The summed E-state index contributed by atoms with van der Waals surface area (Å²) in [6.07, 6.45) is 4.80. The zero-order valence-electron chi connectivity index (χ0n) is 15.7. The molecule has 29 heavy (non-hydrogen) atoms. The Kier molecular flexibility index (Phi) is 4.28. The number of fused-ring (bicyclic) bond motifs is 2. The molecule has 144 valence electrons. The molecule has 0 spiro atoms. The van der Waals surface area contributed by atoms with E-state index in [4.69, 9.17) is 4.42 Å². The summed E-state index contributed by atoms with van der Waals surface area (Å²) in [6, 6.07) is 19.9. The van der Waals surface area contributed by atoms with Crippen molar-refractivity contribution in [2.75, 3.05) is 10.2 Å². The molecular weight excluding hydrogens is 364 g/mol. The summed E-state index contributed by atoms with van der Waals surface area (Å²) in [7, 11) is 0.